The standard InChI is InChI=1S/C10H16N2O4S3/c1-7-10(4-9(5-11)17-7)19(15,16)12-8-2-3-18(13,14)6-8/h4,8,12H,2-3,5-6,11H2,1H3. The van der Waals surface area contributed by atoms with Crippen molar-refractivity contribution in [3.8, 4) is 0 Å². The number of nitrogens with one attached hydrogen (secondary N) is 1. The van der Waals surface area contributed by atoms with E-state index in [0.717, 1.165) is 4.88 Å². The van der Waals surface area contributed by atoms with Gasteiger partial charge in [-0.1, -0.05) is 0 Å². The number of hydrogen-bond donors (Lipinski definition) is 2. The van der Waals surface area contributed by atoms with Gasteiger partial charge in [-0.3, -0.25) is 0 Å². The van der Waals surface area contributed by atoms with Crippen LogP contribution in [0.2, 0.25) is 0 Å². The van der Waals surface area contributed by atoms with Crippen molar-refractivity contribution in [2.75, 3.05) is 11.5 Å². The van der Waals surface area contributed by atoms with Gasteiger partial charge in [0, 0.05) is 22.3 Å². The summed E-state index contributed by atoms with van der Waals surface area (Å²) in [6, 6.07) is 1.02. The number of nitrogens with two attached hydrogens (primary N) is 1. The molecule has 9 heteroatoms. The van der Waals surface area contributed by atoms with Crippen LogP contribution < -0.4 is 10.5 Å². The Bertz CT molecular complexity index is 676. The van der Waals surface area contributed by atoms with Gasteiger partial charge in [0.15, 0.2) is 9.84 Å². The van der Waals surface area contributed by atoms with Gasteiger partial charge in [0.05, 0.1) is 16.4 Å². The highest BCUT2D eigenvalue weighted by Crippen LogP contribution is 2.26. The van der Waals surface area contributed by atoms with E-state index < -0.39 is 25.9 Å². The molecule has 3 N–H and O–H groups in total. The fourth-order valence-electron chi connectivity index (χ4n) is 2.06. The van der Waals surface area contributed by atoms with Crippen molar-refractivity contribution >= 4 is 31.2 Å². The van der Waals surface area contributed by atoms with Crippen molar-refractivity contribution in [1.82, 2.24) is 4.72 Å². The van der Waals surface area contributed by atoms with Crippen LogP contribution in [-0.4, -0.2) is 34.4 Å². The normalized spacial score (nSPS) is 22.7. The van der Waals surface area contributed by atoms with E-state index in [-0.39, 0.29) is 16.4 Å². The number of sulfone groups is 1. The second kappa shape index (κ2) is 5.13. The molecule has 1 fully saturated rings. The summed E-state index contributed by atoms with van der Waals surface area (Å²) < 4.78 is 49.5. The summed E-state index contributed by atoms with van der Waals surface area (Å²) in [5.74, 6) is -0.0873. The molecule has 1 unspecified atom stereocenters. The number of rotatable bonds is 4. The lowest BCUT2D eigenvalue weighted by molar-refractivity contribution is 0.562. The minimum Gasteiger partial charge on any atom is -0.326 e. The maximum absolute atomic E-state index is 12.2. The van der Waals surface area contributed by atoms with E-state index in [9.17, 15) is 16.8 Å². The first kappa shape index (κ1) is 14.9. The Labute approximate surface area is 117 Å². The third-order valence-corrected chi connectivity index (χ3v) is 7.58. The molecule has 0 saturated carbocycles. The first-order valence-corrected chi connectivity index (χ1v) is 9.88. The zero-order valence-corrected chi connectivity index (χ0v) is 12.9. The van der Waals surface area contributed by atoms with Crippen LogP contribution in [-0.2, 0) is 26.4 Å². The Kier molecular flexibility index (Phi) is 4.03. The van der Waals surface area contributed by atoms with Crippen LogP contribution in [0.15, 0.2) is 11.0 Å². The average molecular weight is 324 g/mol. The van der Waals surface area contributed by atoms with E-state index in [2.05, 4.69) is 4.72 Å². The summed E-state index contributed by atoms with van der Waals surface area (Å²) >= 11 is 1.34. The van der Waals surface area contributed by atoms with Crippen LogP contribution in [0.25, 0.3) is 0 Å². The SMILES string of the molecule is Cc1sc(CN)cc1S(=O)(=O)NC1CCS(=O)(=O)C1. The van der Waals surface area contributed by atoms with E-state index >= 15 is 0 Å². The van der Waals surface area contributed by atoms with Gasteiger partial charge in [-0.25, -0.2) is 21.6 Å². The predicted octanol–water partition coefficient (Wildman–Crippen LogP) is -0.0194. The van der Waals surface area contributed by atoms with Crippen LogP contribution in [0.1, 0.15) is 16.2 Å². The molecule has 0 radical (unpaired) electrons. The Balaban J connectivity index is 2.21. The maximum Gasteiger partial charge on any atom is 0.241 e. The summed E-state index contributed by atoms with van der Waals surface area (Å²) in [6.45, 7) is 2.00. The lowest BCUT2D eigenvalue weighted by atomic mass is 10.3. The molecular formula is C10H16N2O4S3. The van der Waals surface area contributed by atoms with Crippen molar-refractivity contribution in [2.45, 2.75) is 30.8 Å². The Morgan fingerprint density at radius 2 is 2.21 bits per heavy atom. The fraction of sp³-hybridized carbons (Fsp3) is 0.600. The van der Waals surface area contributed by atoms with Crippen LogP contribution in [0.4, 0.5) is 0 Å². The molecule has 0 amide bonds. The Hall–Kier alpha value is -0.480. The molecular weight excluding hydrogens is 308 g/mol. The summed E-state index contributed by atoms with van der Waals surface area (Å²) in [5, 5.41) is 0. The van der Waals surface area contributed by atoms with E-state index in [0.29, 0.717) is 17.8 Å². The molecule has 1 aromatic heterocycles. The molecule has 6 nitrogen and oxygen atoms in total. The number of sulfonamides is 1. The third kappa shape index (κ3) is 3.34. The highest BCUT2D eigenvalue weighted by molar-refractivity contribution is 7.92. The topological polar surface area (TPSA) is 106 Å². The van der Waals surface area contributed by atoms with Gasteiger partial charge in [-0.05, 0) is 19.4 Å². The van der Waals surface area contributed by atoms with Gasteiger partial charge < -0.3 is 5.73 Å². The summed E-state index contributed by atoms with van der Waals surface area (Å²) in [6.07, 6.45) is 0.328. The molecule has 0 spiro atoms. The average Bonchev–Trinajstić information content (AvgIpc) is 2.81. The number of hydrogen-bond acceptors (Lipinski definition) is 6. The van der Waals surface area contributed by atoms with Crippen molar-refractivity contribution in [3.63, 3.8) is 0 Å². The number of thiophene rings is 1. The molecule has 0 bridgehead atoms. The van der Waals surface area contributed by atoms with E-state index in [1.807, 2.05) is 0 Å². The molecule has 0 aromatic carbocycles. The molecule has 1 aliphatic heterocycles. The largest absolute Gasteiger partial charge is 0.326 e. The molecule has 108 valence electrons. The summed E-state index contributed by atoms with van der Waals surface area (Å²) in [4.78, 5) is 1.65. The molecule has 1 saturated heterocycles. The molecule has 2 heterocycles. The Morgan fingerprint density at radius 3 is 2.68 bits per heavy atom. The second-order valence-corrected chi connectivity index (χ2v) is 9.81. The van der Waals surface area contributed by atoms with Crippen LogP contribution in [0.5, 0.6) is 0 Å². The zero-order valence-electron chi connectivity index (χ0n) is 10.4. The van der Waals surface area contributed by atoms with Gasteiger partial charge in [0.25, 0.3) is 0 Å². The second-order valence-electron chi connectivity index (χ2n) is 4.56. The van der Waals surface area contributed by atoms with Gasteiger partial charge in [0.2, 0.25) is 10.0 Å². The zero-order chi connectivity index (χ0) is 14.3. The minimum atomic E-state index is -3.67. The van der Waals surface area contributed by atoms with Crippen LogP contribution in [0.3, 0.4) is 0 Å². The van der Waals surface area contributed by atoms with Crippen LogP contribution >= 0.6 is 11.3 Å². The number of aryl methyl sites for hydroxylation is 1. The molecule has 0 aliphatic carbocycles. The molecule has 1 aromatic rings. The molecule has 1 aliphatic rings. The Morgan fingerprint density at radius 1 is 1.53 bits per heavy atom. The van der Waals surface area contributed by atoms with Crippen molar-refractivity contribution in [3.05, 3.63) is 15.8 Å². The van der Waals surface area contributed by atoms with E-state index in [1.54, 1.807) is 13.0 Å². The first-order chi connectivity index (χ1) is 8.73. The molecule has 19 heavy (non-hydrogen) atoms. The summed E-state index contributed by atoms with van der Waals surface area (Å²) in [7, 11) is -6.78. The van der Waals surface area contributed by atoms with Gasteiger partial charge in [-0.15, -0.1) is 11.3 Å². The van der Waals surface area contributed by atoms with E-state index in [4.69, 9.17) is 5.73 Å². The first-order valence-electron chi connectivity index (χ1n) is 5.75. The predicted molar refractivity (Wildman–Crippen MR) is 74.3 cm³/mol. The fourth-order valence-corrected chi connectivity index (χ4v) is 6.63. The monoisotopic (exact) mass is 324 g/mol. The van der Waals surface area contributed by atoms with Crippen molar-refractivity contribution in [2.24, 2.45) is 5.73 Å². The van der Waals surface area contributed by atoms with Crippen LogP contribution in [0, 0.1) is 6.92 Å². The van der Waals surface area contributed by atoms with Gasteiger partial charge >= 0.3 is 0 Å². The quantitative estimate of drug-likeness (QED) is 0.809. The van der Waals surface area contributed by atoms with Crippen molar-refractivity contribution < 1.29 is 16.8 Å². The lowest BCUT2D eigenvalue weighted by Gasteiger charge is -2.11. The minimum absolute atomic E-state index is 0.0385. The highest BCUT2D eigenvalue weighted by Gasteiger charge is 2.32. The molecule has 1 atom stereocenters. The van der Waals surface area contributed by atoms with Crippen molar-refractivity contribution in [1.29, 1.82) is 0 Å². The smallest absolute Gasteiger partial charge is 0.241 e. The highest BCUT2D eigenvalue weighted by atomic mass is 32.2. The maximum atomic E-state index is 12.2. The molecule has 2 rings (SSSR count). The third-order valence-electron chi connectivity index (χ3n) is 2.97. The summed E-state index contributed by atoms with van der Waals surface area (Å²) in [5.41, 5.74) is 5.49. The van der Waals surface area contributed by atoms with Gasteiger partial charge in [0.1, 0.15) is 0 Å². The van der Waals surface area contributed by atoms with E-state index in [1.165, 1.54) is 11.3 Å². The van der Waals surface area contributed by atoms with Gasteiger partial charge in [-0.2, -0.15) is 0 Å². The lowest BCUT2D eigenvalue weighted by Crippen LogP contribution is -2.35.